The molecule has 8 heteroatoms. The molecule has 0 fully saturated rings. The van der Waals surface area contributed by atoms with Gasteiger partial charge in [0.15, 0.2) is 0 Å². The first-order valence-electron chi connectivity index (χ1n) is 9.84. The van der Waals surface area contributed by atoms with E-state index in [2.05, 4.69) is 38.7 Å². The first-order valence-corrected chi connectivity index (χ1v) is 12.7. The highest BCUT2D eigenvalue weighted by molar-refractivity contribution is 9.10. The molecule has 1 aliphatic carbocycles. The fourth-order valence-electron chi connectivity index (χ4n) is 3.53. The lowest BCUT2D eigenvalue weighted by Crippen LogP contribution is -2.47. The van der Waals surface area contributed by atoms with Gasteiger partial charge in [-0.15, -0.1) is 0 Å². The van der Waals surface area contributed by atoms with Crippen molar-refractivity contribution in [2.24, 2.45) is 0 Å². The fourth-order valence-corrected chi connectivity index (χ4v) is 4.66. The molecule has 1 unspecified atom stereocenters. The quantitative estimate of drug-likeness (QED) is 0.592. The first kappa shape index (κ1) is 22.5. The Morgan fingerprint density at radius 1 is 1.10 bits per heavy atom. The minimum absolute atomic E-state index is 0.00501. The number of rotatable bonds is 8. The molecular formula is C22H25BrN2O4S. The number of carbonyl (C=O) groups excluding carboxylic acids is 2. The topological polar surface area (TPSA) is 92.3 Å². The van der Waals surface area contributed by atoms with Gasteiger partial charge in [-0.05, 0) is 70.4 Å². The Morgan fingerprint density at radius 2 is 1.83 bits per heavy atom. The van der Waals surface area contributed by atoms with Crippen LogP contribution < -0.4 is 10.6 Å². The van der Waals surface area contributed by atoms with Crippen LogP contribution in [-0.2, 0) is 34.0 Å². The summed E-state index contributed by atoms with van der Waals surface area (Å²) in [5.74, 6) is -1.03. The molecule has 0 aliphatic heterocycles. The number of sulfone groups is 1. The average molecular weight is 493 g/mol. The van der Waals surface area contributed by atoms with Crippen LogP contribution in [0.2, 0.25) is 0 Å². The molecule has 2 aromatic rings. The van der Waals surface area contributed by atoms with Crippen LogP contribution in [0.4, 0.5) is 0 Å². The molecule has 3 rings (SSSR count). The summed E-state index contributed by atoms with van der Waals surface area (Å²) < 4.78 is 23.8. The highest BCUT2D eigenvalue weighted by Gasteiger charge is 2.24. The lowest BCUT2D eigenvalue weighted by atomic mass is 10.1. The van der Waals surface area contributed by atoms with E-state index in [1.54, 1.807) is 24.3 Å². The third-order valence-corrected chi connectivity index (χ3v) is 6.82. The summed E-state index contributed by atoms with van der Waals surface area (Å²) in [5, 5.41) is 5.52. The normalized spacial score (nSPS) is 14.1. The Labute approximate surface area is 185 Å². The van der Waals surface area contributed by atoms with Crippen LogP contribution in [-0.4, -0.2) is 38.3 Å². The van der Waals surface area contributed by atoms with E-state index in [1.807, 2.05) is 6.07 Å². The zero-order chi connectivity index (χ0) is 21.7. The van der Waals surface area contributed by atoms with E-state index in [1.165, 1.54) is 11.1 Å². The second-order valence-electron chi connectivity index (χ2n) is 7.60. The minimum Gasteiger partial charge on any atom is -0.350 e. The number of aryl methyl sites for hydroxylation is 2. The van der Waals surface area contributed by atoms with Gasteiger partial charge in [-0.3, -0.25) is 9.59 Å². The van der Waals surface area contributed by atoms with E-state index in [9.17, 15) is 18.0 Å². The predicted molar refractivity (Wildman–Crippen MR) is 120 cm³/mol. The molecule has 0 aromatic heterocycles. The molecule has 6 nitrogen and oxygen atoms in total. The second kappa shape index (κ2) is 9.75. The lowest BCUT2D eigenvalue weighted by Gasteiger charge is -2.19. The highest BCUT2D eigenvalue weighted by atomic mass is 79.9. The third kappa shape index (κ3) is 6.15. The van der Waals surface area contributed by atoms with Crippen molar-refractivity contribution in [2.75, 3.05) is 12.0 Å². The Bertz CT molecular complexity index is 1050. The summed E-state index contributed by atoms with van der Waals surface area (Å²) in [4.78, 5) is 25.4. The molecule has 2 amide bonds. The highest BCUT2D eigenvalue weighted by Crippen LogP contribution is 2.22. The van der Waals surface area contributed by atoms with Crippen molar-refractivity contribution in [3.8, 4) is 0 Å². The summed E-state index contributed by atoms with van der Waals surface area (Å²) in [6, 6.07) is 12.1. The number of halogens is 1. The van der Waals surface area contributed by atoms with Crippen molar-refractivity contribution in [3.05, 3.63) is 69.2 Å². The van der Waals surface area contributed by atoms with Crippen molar-refractivity contribution in [1.29, 1.82) is 0 Å². The van der Waals surface area contributed by atoms with Crippen LogP contribution in [0.3, 0.4) is 0 Å². The molecule has 160 valence electrons. The monoisotopic (exact) mass is 492 g/mol. The van der Waals surface area contributed by atoms with Crippen molar-refractivity contribution >= 4 is 37.6 Å². The summed E-state index contributed by atoms with van der Waals surface area (Å²) in [6.07, 6.45) is 4.42. The van der Waals surface area contributed by atoms with Crippen molar-refractivity contribution in [1.82, 2.24) is 10.6 Å². The second-order valence-corrected chi connectivity index (χ2v) is 10.7. The smallest absolute Gasteiger partial charge is 0.253 e. The molecule has 2 aromatic carbocycles. The Hall–Kier alpha value is -2.19. The number of hydrogen-bond acceptors (Lipinski definition) is 4. The van der Waals surface area contributed by atoms with Crippen LogP contribution in [0, 0.1) is 0 Å². The summed E-state index contributed by atoms with van der Waals surface area (Å²) >= 11 is 3.32. The molecule has 1 atom stereocenters. The molecule has 0 bridgehead atoms. The minimum atomic E-state index is -3.28. The van der Waals surface area contributed by atoms with Gasteiger partial charge in [0.25, 0.3) is 5.91 Å². The van der Waals surface area contributed by atoms with Gasteiger partial charge in [-0.1, -0.05) is 30.3 Å². The maximum atomic E-state index is 12.8. The summed E-state index contributed by atoms with van der Waals surface area (Å²) in [5.41, 5.74) is 4.05. The van der Waals surface area contributed by atoms with Crippen molar-refractivity contribution < 1.29 is 18.0 Å². The zero-order valence-electron chi connectivity index (χ0n) is 16.8. The molecular weight excluding hydrogens is 468 g/mol. The van der Waals surface area contributed by atoms with Gasteiger partial charge in [0.05, 0.1) is 11.3 Å². The van der Waals surface area contributed by atoms with Gasteiger partial charge in [-0.2, -0.15) is 0 Å². The van der Waals surface area contributed by atoms with E-state index in [-0.39, 0.29) is 12.2 Å². The Balaban J connectivity index is 1.68. The zero-order valence-corrected chi connectivity index (χ0v) is 19.2. The van der Waals surface area contributed by atoms with Crippen LogP contribution in [0.15, 0.2) is 46.9 Å². The maximum Gasteiger partial charge on any atom is 0.253 e. The largest absolute Gasteiger partial charge is 0.350 e. The van der Waals surface area contributed by atoms with E-state index >= 15 is 0 Å². The Kier molecular flexibility index (Phi) is 7.31. The number of benzene rings is 2. The van der Waals surface area contributed by atoms with Gasteiger partial charge in [0, 0.05) is 17.3 Å². The number of hydrogen-bond donors (Lipinski definition) is 2. The maximum absolute atomic E-state index is 12.8. The molecule has 30 heavy (non-hydrogen) atoms. The standard InChI is InChI=1S/C22H25BrN2O4S/c1-30(28,29)12-11-20(25-21(26)18-7-2-3-8-19(18)23)22(27)24-14-15-9-10-16-5-4-6-17(16)13-15/h2-3,7-10,13,20H,4-6,11-12,14H2,1H3,(H,24,27)(H,25,26). The third-order valence-electron chi connectivity index (χ3n) is 5.15. The molecule has 0 saturated heterocycles. The molecule has 0 heterocycles. The van der Waals surface area contributed by atoms with Gasteiger partial charge in [0.2, 0.25) is 5.91 Å². The first-order chi connectivity index (χ1) is 14.2. The summed E-state index contributed by atoms with van der Waals surface area (Å²) in [7, 11) is -3.28. The van der Waals surface area contributed by atoms with Crippen molar-refractivity contribution in [3.63, 3.8) is 0 Å². The molecule has 1 aliphatic rings. The van der Waals surface area contributed by atoms with E-state index in [4.69, 9.17) is 0 Å². The van der Waals surface area contributed by atoms with Crippen LogP contribution in [0.25, 0.3) is 0 Å². The van der Waals surface area contributed by atoms with Gasteiger partial charge < -0.3 is 10.6 Å². The van der Waals surface area contributed by atoms with Crippen molar-refractivity contribution in [2.45, 2.75) is 38.3 Å². The number of nitrogens with one attached hydrogen (secondary N) is 2. The van der Waals surface area contributed by atoms with E-state index in [0.717, 1.165) is 31.1 Å². The average Bonchev–Trinajstić information content (AvgIpc) is 3.16. The number of carbonyl (C=O) groups is 2. The van der Waals surface area contributed by atoms with E-state index in [0.29, 0.717) is 16.6 Å². The van der Waals surface area contributed by atoms with Gasteiger partial charge in [0.1, 0.15) is 15.9 Å². The van der Waals surface area contributed by atoms with Crippen LogP contribution in [0.1, 0.15) is 39.9 Å². The molecule has 0 saturated carbocycles. The van der Waals surface area contributed by atoms with Crippen LogP contribution in [0.5, 0.6) is 0 Å². The van der Waals surface area contributed by atoms with E-state index < -0.39 is 27.7 Å². The fraction of sp³-hybridized carbons (Fsp3) is 0.364. The summed E-state index contributed by atoms with van der Waals surface area (Å²) in [6.45, 7) is 0.326. The van der Waals surface area contributed by atoms with Crippen LogP contribution >= 0.6 is 15.9 Å². The molecule has 0 spiro atoms. The predicted octanol–water partition coefficient (Wildman–Crippen LogP) is 2.79. The van der Waals surface area contributed by atoms with Gasteiger partial charge in [-0.25, -0.2) is 8.42 Å². The molecule has 2 N–H and O–H groups in total. The lowest BCUT2D eigenvalue weighted by molar-refractivity contribution is -0.123. The molecule has 0 radical (unpaired) electrons. The Morgan fingerprint density at radius 3 is 2.57 bits per heavy atom. The number of amides is 2. The SMILES string of the molecule is CS(=O)(=O)CCC(NC(=O)c1ccccc1Br)C(=O)NCc1ccc2c(c1)CCC2. The number of fused-ring (bicyclic) bond motifs is 1. The van der Waals surface area contributed by atoms with Gasteiger partial charge >= 0.3 is 0 Å².